The summed E-state index contributed by atoms with van der Waals surface area (Å²) in [5, 5.41) is 14.1. The minimum absolute atomic E-state index is 0.0846. The monoisotopic (exact) mass is 457 g/mol. The van der Waals surface area contributed by atoms with E-state index in [0.717, 1.165) is 12.1 Å². The van der Waals surface area contributed by atoms with Gasteiger partial charge in [0.15, 0.2) is 0 Å². The average molecular weight is 457 g/mol. The topological polar surface area (TPSA) is 99.0 Å². The Balaban J connectivity index is 1.67. The maximum Gasteiger partial charge on any atom is 0.416 e. The van der Waals surface area contributed by atoms with Crippen molar-refractivity contribution in [1.82, 2.24) is 15.1 Å². The molecule has 1 atom stereocenters. The Labute approximate surface area is 183 Å². The number of urea groups is 1. The molecule has 2 aliphatic rings. The number of nitro groups is 1. The van der Waals surface area contributed by atoms with Crippen LogP contribution in [0.3, 0.4) is 0 Å². The van der Waals surface area contributed by atoms with Crippen LogP contribution >= 0.6 is 0 Å². The molecular formula is C20H26F3N5O4. The summed E-state index contributed by atoms with van der Waals surface area (Å²) in [5.41, 5.74) is -2.52. The SMILES string of the molecule is CC(C)C[C@@]1(C)NC(=O)N(CN2CCN(c3ccc(C(F)(F)F)cc3[N+](=O)[O-])CC2)C1=O. The van der Waals surface area contributed by atoms with Gasteiger partial charge in [0.1, 0.15) is 11.2 Å². The average Bonchev–Trinajstić information content (AvgIpc) is 2.89. The van der Waals surface area contributed by atoms with Crippen LogP contribution in [-0.4, -0.2) is 65.0 Å². The van der Waals surface area contributed by atoms with Gasteiger partial charge in [0.2, 0.25) is 0 Å². The lowest BCUT2D eigenvalue weighted by molar-refractivity contribution is -0.384. The van der Waals surface area contributed by atoms with E-state index < -0.39 is 33.9 Å². The lowest BCUT2D eigenvalue weighted by Gasteiger charge is -2.37. The van der Waals surface area contributed by atoms with Crippen molar-refractivity contribution in [3.05, 3.63) is 33.9 Å². The second-order valence-corrected chi connectivity index (χ2v) is 8.80. The molecule has 0 aromatic heterocycles. The summed E-state index contributed by atoms with van der Waals surface area (Å²) >= 11 is 0. The molecule has 1 N–H and O–H groups in total. The summed E-state index contributed by atoms with van der Waals surface area (Å²) in [6.07, 6.45) is -4.16. The number of nitro benzene ring substituents is 1. The molecule has 0 unspecified atom stereocenters. The number of nitrogens with zero attached hydrogens (tertiary/aromatic N) is 4. The zero-order valence-electron chi connectivity index (χ0n) is 18.1. The van der Waals surface area contributed by atoms with Crippen LogP contribution in [0.25, 0.3) is 0 Å². The Morgan fingerprint density at radius 1 is 1.19 bits per heavy atom. The highest BCUT2D eigenvalue weighted by Gasteiger charge is 2.48. The van der Waals surface area contributed by atoms with Gasteiger partial charge in [-0.1, -0.05) is 13.8 Å². The lowest BCUT2D eigenvalue weighted by Crippen LogP contribution is -2.52. The number of halogens is 3. The highest BCUT2D eigenvalue weighted by Crippen LogP contribution is 2.37. The van der Waals surface area contributed by atoms with E-state index in [1.54, 1.807) is 11.8 Å². The maximum absolute atomic E-state index is 12.9. The normalized spacial score (nSPS) is 22.6. The van der Waals surface area contributed by atoms with Crippen molar-refractivity contribution in [3.63, 3.8) is 0 Å². The zero-order valence-corrected chi connectivity index (χ0v) is 18.1. The van der Waals surface area contributed by atoms with Gasteiger partial charge in [0.05, 0.1) is 17.2 Å². The summed E-state index contributed by atoms with van der Waals surface area (Å²) in [6, 6.07) is 2.03. The van der Waals surface area contributed by atoms with Gasteiger partial charge in [-0.05, 0) is 31.4 Å². The molecule has 0 saturated carbocycles. The molecule has 32 heavy (non-hydrogen) atoms. The molecule has 2 saturated heterocycles. The quantitative estimate of drug-likeness (QED) is 0.401. The molecule has 0 bridgehead atoms. The third kappa shape index (κ3) is 4.79. The van der Waals surface area contributed by atoms with Crippen LogP contribution in [0.15, 0.2) is 18.2 Å². The maximum atomic E-state index is 12.9. The van der Waals surface area contributed by atoms with Crippen molar-refractivity contribution in [3.8, 4) is 0 Å². The van der Waals surface area contributed by atoms with Gasteiger partial charge in [0.25, 0.3) is 11.6 Å². The predicted molar refractivity (Wildman–Crippen MR) is 110 cm³/mol. The zero-order chi connectivity index (χ0) is 23.8. The van der Waals surface area contributed by atoms with Gasteiger partial charge in [-0.25, -0.2) is 9.69 Å². The van der Waals surface area contributed by atoms with Crippen molar-refractivity contribution in [2.24, 2.45) is 5.92 Å². The smallest absolute Gasteiger partial charge is 0.363 e. The number of alkyl halides is 3. The van der Waals surface area contributed by atoms with E-state index >= 15 is 0 Å². The number of benzene rings is 1. The minimum atomic E-state index is -4.67. The number of imide groups is 1. The Bertz CT molecular complexity index is 915. The third-order valence-electron chi connectivity index (χ3n) is 5.72. The van der Waals surface area contributed by atoms with Crippen molar-refractivity contribution in [1.29, 1.82) is 0 Å². The van der Waals surface area contributed by atoms with Crippen LogP contribution < -0.4 is 10.2 Å². The van der Waals surface area contributed by atoms with E-state index in [2.05, 4.69) is 5.32 Å². The summed E-state index contributed by atoms with van der Waals surface area (Å²) in [4.78, 5) is 40.4. The van der Waals surface area contributed by atoms with Gasteiger partial charge in [-0.3, -0.25) is 19.8 Å². The predicted octanol–water partition coefficient (Wildman–Crippen LogP) is 3.05. The molecule has 176 valence electrons. The molecule has 9 nitrogen and oxygen atoms in total. The van der Waals surface area contributed by atoms with Crippen LogP contribution in [0.1, 0.15) is 32.8 Å². The van der Waals surface area contributed by atoms with Crippen molar-refractivity contribution in [2.45, 2.75) is 38.9 Å². The fourth-order valence-corrected chi connectivity index (χ4v) is 4.27. The Hall–Kier alpha value is -2.89. The minimum Gasteiger partial charge on any atom is -0.363 e. The second-order valence-electron chi connectivity index (χ2n) is 8.80. The number of piperazine rings is 1. The fourth-order valence-electron chi connectivity index (χ4n) is 4.27. The molecule has 3 amide bonds. The largest absolute Gasteiger partial charge is 0.416 e. The van der Waals surface area contributed by atoms with Crippen LogP contribution in [0.5, 0.6) is 0 Å². The summed E-state index contributed by atoms with van der Waals surface area (Å²) in [6.45, 7) is 7.10. The first-order chi connectivity index (χ1) is 14.8. The van der Waals surface area contributed by atoms with E-state index in [1.807, 2.05) is 18.7 Å². The molecule has 0 spiro atoms. The summed E-state index contributed by atoms with van der Waals surface area (Å²) in [5.74, 6) is -0.0794. The van der Waals surface area contributed by atoms with E-state index in [-0.39, 0.29) is 24.2 Å². The Morgan fingerprint density at radius 2 is 1.81 bits per heavy atom. The first kappa shape index (κ1) is 23.8. The van der Waals surface area contributed by atoms with Crippen LogP contribution in [-0.2, 0) is 11.0 Å². The Morgan fingerprint density at radius 3 is 2.34 bits per heavy atom. The van der Waals surface area contributed by atoms with E-state index in [9.17, 15) is 32.9 Å². The number of carbonyl (C=O) groups is 2. The number of carbonyl (C=O) groups excluding carboxylic acids is 2. The van der Waals surface area contributed by atoms with Gasteiger partial charge in [-0.15, -0.1) is 0 Å². The number of rotatable bonds is 6. The van der Waals surface area contributed by atoms with Gasteiger partial charge in [0, 0.05) is 32.2 Å². The molecule has 2 aliphatic heterocycles. The molecule has 0 radical (unpaired) electrons. The molecule has 1 aromatic carbocycles. The van der Waals surface area contributed by atoms with Crippen molar-refractivity contribution < 1.29 is 27.7 Å². The fraction of sp³-hybridized carbons (Fsp3) is 0.600. The number of hydrogen-bond acceptors (Lipinski definition) is 6. The first-order valence-electron chi connectivity index (χ1n) is 10.3. The number of hydrogen-bond donors (Lipinski definition) is 1. The standard InChI is InChI=1S/C20H26F3N5O4/c1-13(2)11-19(3)17(29)27(18(30)24-19)12-25-6-8-26(9-7-25)15-5-4-14(20(21,22)23)10-16(15)28(31)32/h4-5,10,13H,6-9,11-12H2,1-3H3,(H,24,30)/t19-/m1/s1. The highest BCUT2D eigenvalue weighted by molar-refractivity contribution is 6.06. The van der Waals surface area contributed by atoms with E-state index in [0.29, 0.717) is 38.7 Å². The first-order valence-corrected chi connectivity index (χ1v) is 10.3. The van der Waals surface area contributed by atoms with Gasteiger partial charge < -0.3 is 10.2 Å². The molecule has 0 aliphatic carbocycles. The molecule has 3 rings (SSSR count). The number of amides is 3. The lowest BCUT2D eigenvalue weighted by atomic mass is 9.91. The third-order valence-corrected chi connectivity index (χ3v) is 5.72. The van der Waals surface area contributed by atoms with Crippen LogP contribution in [0.2, 0.25) is 0 Å². The molecule has 2 heterocycles. The number of nitrogens with one attached hydrogen (secondary N) is 1. The van der Waals surface area contributed by atoms with Gasteiger partial charge in [-0.2, -0.15) is 13.2 Å². The van der Waals surface area contributed by atoms with Crippen LogP contribution in [0.4, 0.5) is 29.3 Å². The molecule has 2 fully saturated rings. The van der Waals surface area contributed by atoms with E-state index in [1.165, 1.54) is 4.90 Å². The summed E-state index contributed by atoms with van der Waals surface area (Å²) < 4.78 is 38.8. The highest BCUT2D eigenvalue weighted by atomic mass is 19.4. The summed E-state index contributed by atoms with van der Waals surface area (Å²) in [7, 11) is 0. The van der Waals surface area contributed by atoms with Gasteiger partial charge >= 0.3 is 12.2 Å². The molecular weight excluding hydrogens is 431 g/mol. The van der Waals surface area contributed by atoms with Crippen molar-refractivity contribution >= 4 is 23.3 Å². The second kappa shape index (κ2) is 8.57. The van der Waals surface area contributed by atoms with Crippen LogP contribution in [0, 0.1) is 16.0 Å². The van der Waals surface area contributed by atoms with E-state index in [4.69, 9.17) is 0 Å². The molecule has 1 aromatic rings. The number of anilines is 1. The Kier molecular flexibility index (Phi) is 6.36. The molecule has 12 heteroatoms. The van der Waals surface area contributed by atoms with Crippen molar-refractivity contribution in [2.75, 3.05) is 37.7 Å².